The lowest BCUT2D eigenvalue weighted by Gasteiger charge is -2.01. The molecule has 0 fully saturated rings. The van der Waals surface area contributed by atoms with Crippen molar-refractivity contribution in [1.29, 1.82) is 0 Å². The molecule has 0 spiro atoms. The van der Waals surface area contributed by atoms with Crippen LogP contribution in [0.1, 0.15) is 23.0 Å². The van der Waals surface area contributed by atoms with Crippen LogP contribution in [0.4, 0.5) is 5.69 Å². The fourth-order valence-corrected chi connectivity index (χ4v) is 1.65. The van der Waals surface area contributed by atoms with E-state index in [1.165, 1.54) is 13.0 Å². The van der Waals surface area contributed by atoms with Gasteiger partial charge in [-0.25, -0.2) is 0 Å². The monoisotopic (exact) mass is 266 g/mol. The van der Waals surface area contributed by atoms with Gasteiger partial charge in [-0.2, -0.15) is 0 Å². The van der Waals surface area contributed by atoms with Gasteiger partial charge in [-0.3, -0.25) is 14.6 Å². The molecule has 0 radical (unpaired) electrons. The first-order valence-corrected chi connectivity index (χ1v) is 6.16. The van der Waals surface area contributed by atoms with Gasteiger partial charge >= 0.3 is 0 Å². The molecule has 20 heavy (non-hydrogen) atoms. The number of ketones is 1. The zero-order valence-electron chi connectivity index (χ0n) is 11.0. The first-order valence-electron chi connectivity index (χ1n) is 6.16. The summed E-state index contributed by atoms with van der Waals surface area (Å²) < 4.78 is 0. The van der Waals surface area contributed by atoms with Gasteiger partial charge in [0.05, 0.1) is 0 Å². The van der Waals surface area contributed by atoms with Crippen molar-refractivity contribution in [2.45, 2.75) is 6.92 Å². The Bertz CT molecular complexity index is 631. The minimum Gasteiger partial charge on any atom is -0.326 e. The Labute approximate surface area is 117 Å². The maximum atomic E-state index is 11.8. The van der Waals surface area contributed by atoms with Gasteiger partial charge in [0.25, 0.3) is 0 Å². The lowest BCUT2D eigenvalue weighted by atomic mass is 10.1. The molecule has 1 aromatic heterocycles. The summed E-state index contributed by atoms with van der Waals surface area (Å²) in [6.45, 7) is 1.46. The van der Waals surface area contributed by atoms with Crippen LogP contribution in [0.3, 0.4) is 0 Å². The Morgan fingerprint density at radius 3 is 2.45 bits per heavy atom. The first-order chi connectivity index (χ1) is 9.65. The number of anilines is 1. The molecule has 1 aromatic carbocycles. The Balaban J connectivity index is 2.04. The number of nitrogens with one attached hydrogen (secondary N) is 1. The van der Waals surface area contributed by atoms with Crippen LogP contribution in [0.25, 0.3) is 6.08 Å². The third-order valence-electron chi connectivity index (χ3n) is 2.58. The quantitative estimate of drug-likeness (QED) is 0.683. The zero-order chi connectivity index (χ0) is 14.4. The van der Waals surface area contributed by atoms with E-state index in [0.717, 1.165) is 11.3 Å². The molecule has 100 valence electrons. The molecule has 0 aliphatic carbocycles. The average molecular weight is 266 g/mol. The molecule has 0 saturated carbocycles. The highest BCUT2D eigenvalue weighted by atomic mass is 16.1. The van der Waals surface area contributed by atoms with Crippen LogP contribution in [0.15, 0.2) is 54.7 Å². The molecule has 0 atom stereocenters. The maximum Gasteiger partial charge on any atom is 0.221 e. The molecule has 1 N–H and O–H groups in total. The second-order valence-corrected chi connectivity index (χ2v) is 4.22. The average Bonchev–Trinajstić information content (AvgIpc) is 2.46. The van der Waals surface area contributed by atoms with E-state index in [2.05, 4.69) is 10.3 Å². The number of rotatable bonds is 4. The Morgan fingerprint density at radius 2 is 1.85 bits per heavy atom. The van der Waals surface area contributed by atoms with Crippen molar-refractivity contribution < 1.29 is 9.59 Å². The number of allylic oxidation sites excluding steroid dienone is 1. The number of hydrogen-bond acceptors (Lipinski definition) is 3. The summed E-state index contributed by atoms with van der Waals surface area (Å²) in [5.41, 5.74) is 2.02. The minimum atomic E-state index is -0.142. The third-order valence-corrected chi connectivity index (χ3v) is 2.58. The number of nitrogens with zero attached hydrogens (tertiary/aromatic N) is 1. The SMILES string of the molecule is CC(=O)Nc1ccc(/C=C/C(=O)c2ccccn2)cc1. The van der Waals surface area contributed by atoms with Gasteiger partial charge < -0.3 is 5.32 Å². The van der Waals surface area contributed by atoms with Crippen LogP contribution in [0.2, 0.25) is 0 Å². The highest BCUT2D eigenvalue weighted by Crippen LogP contribution is 2.11. The molecule has 2 aromatic rings. The van der Waals surface area contributed by atoms with E-state index in [-0.39, 0.29) is 11.7 Å². The molecule has 1 amide bonds. The number of amides is 1. The van der Waals surface area contributed by atoms with E-state index in [4.69, 9.17) is 0 Å². The number of carbonyl (C=O) groups is 2. The molecule has 0 bridgehead atoms. The number of aromatic nitrogens is 1. The Morgan fingerprint density at radius 1 is 1.10 bits per heavy atom. The van der Waals surface area contributed by atoms with Gasteiger partial charge in [-0.15, -0.1) is 0 Å². The molecule has 2 rings (SSSR count). The van der Waals surface area contributed by atoms with Crippen LogP contribution in [0.5, 0.6) is 0 Å². The summed E-state index contributed by atoms with van der Waals surface area (Å²) >= 11 is 0. The molecule has 0 unspecified atom stereocenters. The van der Waals surface area contributed by atoms with E-state index in [9.17, 15) is 9.59 Å². The van der Waals surface area contributed by atoms with Crippen molar-refractivity contribution in [2.75, 3.05) is 5.32 Å². The standard InChI is InChI=1S/C16H14N2O2/c1-12(19)18-14-8-5-13(6-9-14)7-10-16(20)15-4-2-3-11-17-15/h2-11H,1H3,(H,18,19)/b10-7+. The first kappa shape index (κ1) is 13.7. The van der Waals surface area contributed by atoms with Crippen molar-refractivity contribution in [3.8, 4) is 0 Å². The van der Waals surface area contributed by atoms with Crippen LogP contribution in [-0.2, 0) is 4.79 Å². The van der Waals surface area contributed by atoms with E-state index < -0.39 is 0 Å². The van der Waals surface area contributed by atoms with Crippen molar-refractivity contribution in [2.24, 2.45) is 0 Å². The summed E-state index contributed by atoms with van der Waals surface area (Å²) in [5.74, 6) is -0.254. The summed E-state index contributed by atoms with van der Waals surface area (Å²) in [4.78, 5) is 26.7. The van der Waals surface area contributed by atoms with Crippen LogP contribution in [-0.4, -0.2) is 16.7 Å². The van der Waals surface area contributed by atoms with Gasteiger partial charge in [0.1, 0.15) is 5.69 Å². The molecule has 4 nitrogen and oxygen atoms in total. The largest absolute Gasteiger partial charge is 0.326 e. The molecule has 0 aliphatic heterocycles. The zero-order valence-corrected chi connectivity index (χ0v) is 11.0. The van der Waals surface area contributed by atoms with E-state index >= 15 is 0 Å². The molecule has 4 heteroatoms. The second-order valence-electron chi connectivity index (χ2n) is 4.22. The highest BCUT2D eigenvalue weighted by Gasteiger charge is 2.01. The maximum absolute atomic E-state index is 11.8. The summed E-state index contributed by atoms with van der Waals surface area (Å²) in [5, 5.41) is 2.68. The Hall–Kier alpha value is -2.75. The highest BCUT2D eigenvalue weighted by molar-refractivity contribution is 6.05. The predicted octanol–water partition coefficient (Wildman–Crippen LogP) is 2.94. The van der Waals surface area contributed by atoms with Crippen LogP contribution >= 0.6 is 0 Å². The van der Waals surface area contributed by atoms with Crippen LogP contribution < -0.4 is 5.32 Å². The van der Waals surface area contributed by atoms with Crippen molar-refractivity contribution in [3.63, 3.8) is 0 Å². The van der Waals surface area contributed by atoms with E-state index in [0.29, 0.717) is 5.69 Å². The van der Waals surface area contributed by atoms with Gasteiger partial charge in [0.2, 0.25) is 11.7 Å². The molecule has 1 heterocycles. The fraction of sp³-hybridized carbons (Fsp3) is 0.0625. The number of benzene rings is 1. The fourth-order valence-electron chi connectivity index (χ4n) is 1.65. The van der Waals surface area contributed by atoms with Crippen molar-refractivity contribution in [1.82, 2.24) is 4.98 Å². The number of hydrogen-bond donors (Lipinski definition) is 1. The molecular formula is C16H14N2O2. The summed E-state index contributed by atoms with van der Waals surface area (Å²) in [6.07, 6.45) is 4.79. The number of pyridine rings is 1. The van der Waals surface area contributed by atoms with Crippen molar-refractivity contribution in [3.05, 3.63) is 66.0 Å². The smallest absolute Gasteiger partial charge is 0.221 e. The Kier molecular flexibility index (Phi) is 4.39. The molecular weight excluding hydrogens is 252 g/mol. The van der Waals surface area contributed by atoms with Gasteiger partial charge in [0.15, 0.2) is 0 Å². The molecule has 0 saturated heterocycles. The summed E-state index contributed by atoms with van der Waals surface area (Å²) in [7, 11) is 0. The topological polar surface area (TPSA) is 59.1 Å². The van der Waals surface area contributed by atoms with Gasteiger partial charge in [-0.05, 0) is 35.9 Å². The van der Waals surface area contributed by atoms with Gasteiger partial charge in [0, 0.05) is 18.8 Å². The van der Waals surface area contributed by atoms with Crippen molar-refractivity contribution >= 4 is 23.5 Å². The molecule has 0 aliphatic rings. The minimum absolute atomic E-state index is 0.112. The predicted molar refractivity (Wildman–Crippen MR) is 78.3 cm³/mol. The van der Waals surface area contributed by atoms with Gasteiger partial charge in [-0.1, -0.05) is 24.3 Å². The van der Waals surface area contributed by atoms with Crippen LogP contribution in [0, 0.1) is 0 Å². The number of carbonyl (C=O) groups excluding carboxylic acids is 2. The normalized spacial score (nSPS) is 10.4. The third kappa shape index (κ3) is 3.88. The van der Waals surface area contributed by atoms with E-state index in [1.807, 2.05) is 12.1 Å². The lowest BCUT2D eigenvalue weighted by Crippen LogP contribution is -2.05. The lowest BCUT2D eigenvalue weighted by molar-refractivity contribution is -0.114. The second kappa shape index (κ2) is 6.43. The van der Waals surface area contributed by atoms with E-state index in [1.54, 1.807) is 42.6 Å². The summed E-state index contributed by atoms with van der Waals surface area (Å²) in [6, 6.07) is 12.4.